The van der Waals surface area contributed by atoms with Gasteiger partial charge in [-0.3, -0.25) is 0 Å². The van der Waals surface area contributed by atoms with Crippen molar-refractivity contribution in [3.63, 3.8) is 0 Å². The van der Waals surface area contributed by atoms with Crippen molar-refractivity contribution in [1.29, 1.82) is 0 Å². The van der Waals surface area contributed by atoms with Crippen LogP contribution in [0.2, 0.25) is 0 Å². The summed E-state index contributed by atoms with van der Waals surface area (Å²) in [4.78, 5) is 0. The molecule has 0 spiro atoms. The predicted molar refractivity (Wildman–Crippen MR) is 144 cm³/mol. The molecule has 1 N–H and O–H groups in total. The molecule has 0 rings (SSSR count). The molecule has 0 atom stereocenters. The van der Waals surface area contributed by atoms with Crippen LogP contribution in [0.1, 0.15) is 115 Å². The van der Waals surface area contributed by atoms with Gasteiger partial charge in [0.05, 0.1) is 6.61 Å². The number of unbranched alkanes of at least 4 members (excludes halogenated alkanes) is 2. The summed E-state index contributed by atoms with van der Waals surface area (Å²) in [6, 6.07) is 0. The van der Waals surface area contributed by atoms with Crippen LogP contribution >= 0.6 is 0 Å². The molecule has 0 heterocycles. The van der Waals surface area contributed by atoms with Gasteiger partial charge in [0.15, 0.2) is 0 Å². The highest BCUT2D eigenvalue weighted by atomic mass is 16.5. The Labute approximate surface area is 193 Å². The van der Waals surface area contributed by atoms with Gasteiger partial charge < -0.3 is 10.1 Å². The molecule has 0 amide bonds. The quantitative estimate of drug-likeness (QED) is 0.263. The highest BCUT2D eigenvalue weighted by Gasteiger charge is 1.87. The Kier molecular flexibility index (Phi) is 60.3. The van der Waals surface area contributed by atoms with E-state index in [2.05, 4.69) is 65.1 Å². The number of ether oxygens (including phenoxy) is 1. The summed E-state index contributed by atoms with van der Waals surface area (Å²) in [6.45, 7) is 24.7. The third kappa shape index (κ3) is 63.2. The van der Waals surface area contributed by atoms with Crippen molar-refractivity contribution in [3.8, 4) is 0 Å². The van der Waals surface area contributed by atoms with Gasteiger partial charge in [0.25, 0.3) is 0 Å². The van der Waals surface area contributed by atoms with Crippen molar-refractivity contribution in [2.24, 2.45) is 0 Å². The fourth-order valence-electron chi connectivity index (χ4n) is 1.79. The highest BCUT2D eigenvalue weighted by molar-refractivity contribution is 5.03. The summed E-state index contributed by atoms with van der Waals surface area (Å²) < 4.78 is 4.76. The van der Waals surface area contributed by atoms with E-state index < -0.39 is 0 Å². The first-order valence-corrected chi connectivity index (χ1v) is 12.3. The van der Waals surface area contributed by atoms with Crippen molar-refractivity contribution >= 4 is 0 Å². The van der Waals surface area contributed by atoms with Gasteiger partial charge in [-0.25, -0.2) is 0 Å². The lowest BCUT2D eigenvalue weighted by Crippen LogP contribution is -2.03. The smallest absolute Gasteiger partial charge is 0.0643 e. The van der Waals surface area contributed by atoms with E-state index in [4.69, 9.17) is 4.74 Å². The zero-order valence-corrected chi connectivity index (χ0v) is 23.0. The molecule has 0 aliphatic carbocycles. The molecule has 0 aromatic carbocycles. The summed E-state index contributed by atoms with van der Waals surface area (Å²) in [6.07, 6.45) is 20.1. The van der Waals surface area contributed by atoms with Crippen molar-refractivity contribution < 1.29 is 4.74 Å². The van der Waals surface area contributed by atoms with Crippen LogP contribution in [0.5, 0.6) is 0 Å². The minimum absolute atomic E-state index is 0.744. The van der Waals surface area contributed by atoms with E-state index in [9.17, 15) is 0 Å². The predicted octanol–water partition coefficient (Wildman–Crippen LogP) is 9.65. The van der Waals surface area contributed by atoms with Crippen molar-refractivity contribution in [1.82, 2.24) is 5.32 Å². The topological polar surface area (TPSA) is 21.3 Å². The molecule has 0 aromatic heterocycles. The molecule has 30 heavy (non-hydrogen) atoms. The van der Waals surface area contributed by atoms with E-state index in [0.29, 0.717) is 0 Å². The Balaban J connectivity index is -0.000000109. The second-order valence-corrected chi connectivity index (χ2v) is 6.47. The maximum Gasteiger partial charge on any atom is 0.0643 e. The van der Waals surface area contributed by atoms with Crippen LogP contribution in [0, 0.1) is 0 Å². The summed E-state index contributed by atoms with van der Waals surface area (Å²) in [7, 11) is 1.69. The first-order chi connectivity index (χ1) is 14.5. The zero-order chi connectivity index (χ0) is 24.5. The van der Waals surface area contributed by atoms with Gasteiger partial charge in [0.2, 0.25) is 0 Å². The minimum Gasteiger partial charge on any atom is -0.388 e. The first-order valence-electron chi connectivity index (χ1n) is 12.3. The van der Waals surface area contributed by atoms with Crippen molar-refractivity contribution in [3.05, 3.63) is 47.7 Å². The maximum absolute atomic E-state index is 4.76. The molecule has 2 heteroatoms. The largest absolute Gasteiger partial charge is 0.388 e. The number of rotatable bonds is 11. The third-order valence-corrected chi connectivity index (χ3v) is 3.32. The first kappa shape index (κ1) is 39.2. The monoisotopic (exact) mass is 425 g/mol. The van der Waals surface area contributed by atoms with Crippen LogP contribution in [-0.2, 0) is 4.74 Å². The summed E-state index contributed by atoms with van der Waals surface area (Å²) in [5.74, 6) is 0. The van der Waals surface area contributed by atoms with E-state index in [-0.39, 0.29) is 0 Å². The molecular weight excluding hydrogens is 366 g/mol. The fourth-order valence-corrected chi connectivity index (χ4v) is 1.79. The molecule has 0 radical (unpaired) electrons. The third-order valence-electron chi connectivity index (χ3n) is 3.32. The van der Waals surface area contributed by atoms with Crippen LogP contribution in [0.25, 0.3) is 0 Å². The zero-order valence-electron chi connectivity index (χ0n) is 23.0. The van der Waals surface area contributed by atoms with Crippen molar-refractivity contribution in [2.75, 3.05) is 20.3 Å². The van der Waals surface area contributed by atoms with Gasteiger partial charge in [0, 0.05) is 13.7 Å². The molecule has 0 aliphatic heterocycles. The number of allylic oxidation sites excluding steroid dienone is 5. The van der Waals surface area contributed by atoms with E-state index in [1.54, 1.807) is 7.11 Å². The summed E-state index contributed by atoms with van der Waals surface area (Å²) in [5, 5.41) is 3.19. The Bertz CT molecular complexity index is 359. The molecule has 0 saturated heterocycles. The average Bonchev–Trinajstić information content (AvgIpc) is 2.76. The molecule has 182 valence electrons. The molecule has 0 aromatic rings. The highest BCUT2D eigenvalue weighted by Crippen LogP contribution is 2.05. The van der Waals surface area contributed by atoms with Gasteiger partial charge in [0.1, 0.15) is 0 Å². The lowest BCUT2D eigenvalue weighted by molar-refractivity contribution is 0.233. The number of methoxy groups -OCH3 is 1. The standard InChI is InChI=1S/C13H23N.C6H12O.C5H12.2C2H6/c1-5-10-14-11-9-13(4)8-6-7-12(2)3;1-3-4-5-6-7-2;1-3-5-4-2;2*1-2/h5,7,9-10,14H,6,8,11H2,1-4H3;4-5H,3,6H2,1-2H3;3-5H2,1-2H3;2*1-2H3/b10-5+,13-9+;5-4-;;;. The van der Waals surface area contributed by atoms with Gasteiger partial charge in [-0.2, -0.15) is 0 Å². The number of hydrogen-bond acceptors (Lipinski definition) is 2. The SMILES string of the molecule is C/C=C/NC/C=C(\C)CCC=C(C)C.CC.CC.CC/C=C\COC.CCCCC. The molecule has 0 fully saturated rings. The molecule has 0 aliphatic rings. The van der Waals surface area contributed by atoms with Crippen LogP contribution in [0.4, 0.5) is 0 Å². The van der Waals surface area contributed by atoms with Crippen LogP contribution in [0.3, 0.4) is 0 Å². The Morgan fingerprint density at radius 1 is 0.867 bits per heavy atom. The van der Waals surface area contributed by atoms with Gasteiger partial charge in [-0.05, 0) is 53.2 Å². The van der Waals surface area contributed by atoms with Crippen LogP contribution in [0.15, 0.2) is 47.7 Å². The molecule has 2 nitrogen and oxygen atoms in total. The second kappa shape index (κ2) is 46.1. The molecular formula is C28H59NO. The van der Waals surface area contributed by atoms with E-state index in [1.807, 2.05) is 53.0 Å². The van der Waals surface area contributed by atoms with E-state index >= 15 is 0 Å². The lowest BCUT2D eigenvalue weighted by Gasteiger charge is -1.99. The van der Waals surface area contributed by atoms with Crippen LogP contribution < -0.4 is 5.32 Å². The normalized spacial score (nSPS) is 9.80. The number of hydrogen-bond donors (Lipinski definition) is 1. The average molecular weight is 426 g/mol. The Morgan fingerprint density at radius 3 is 1.80 bits per heavy atom. The lowest BCUT2D eigenvalue weighted by atomic mass is 10.1. The second-order valence-electron chi connectivity index (χ2n) is 6.47. The van der Waals surface area contributed by atoms with E-state index in [0.717, 1.165) is 26.0 Å². The van der Waals surface area contributed by atoms with Gasteiger partial charge in [-0.1, -0.05) is 109 Å². The minimum atomic E-state index is 0.744. The maximum atomic E-state index is 4.76. The van der Waals surface area contributed by atoms with Gasteiger partial charge in [-0.15, -0.1) is 0 Å². The Hall–Kier alpha value is -1.28. The molecule has 0 unspecified atom stereocenters. The molecule has 0 bridgehead atoms. The van der Waals surface area contributed by atoms with Crippen molar-refractivity contribution in [2.45, 2.75) is 115 Å². The van der Waals surface area contributed by atoms with Gasteiger partial charge >= 0.3 is 0 Å². The fraction of sp³-hybridized carbons (Fsp3) is 0.714. The van der Waals surface area contributed by atoms with Crippen LogP contribution in [-0.4, -0.2) is 20.3 Å². The molecule has 0 saturated carbocycles. The Morgan fingerprint density at radius 2 is 1.43 bits per heavy atom. The summed E-state index contributed by atoms with van der Waals surface area (Å²) >= 11 is 0. The number of nitrogens with one attached hydrogen (secondary N) is 1. The summed E-state index contributed by atoms with van der Waals surface area (Å²) in [5.41, 5.74) is 2.87. The van der Waals surface area contributed by atoms with E-state index in [1.165, 1.54) is 36.8 Å².